The normalized spacial score (nSPS) is 13.6. The summed E-state index contributed by atoms with van der Waals surface area (Å²) in [5.41, 5.74) is 0. The number of likely N-dealkylation sites (N-methyl/N-ethyl adjacent to an activating group) is 1. The Morgan fingerprint density at radius 1 is 0.529 bits per heavy atom. The molecule has 0 aromatic heterocycles. The highest BCUT2D eigenvalue weighted by molar-refractivity contribution is 7.48. The predicted molar refractivity (Wildman–Crippen MR) is 211 cm³/mol. The summed E-state index contributed by atoms with van der Waals surface area (Å²) in [4.78, 5) is 25.2. The fourth-order valence-corrected chi connectivity index (χ4v) is 6.88. The molecule has 0 aromatic rings. The quantitative estimate of drug-likeness (QED) is 0.0265. The van der Waals surface area contributed by atoms with Gasteiger partial charge in [-0.3, -0.25) is 23.2 Å². The molecule has 0 aliphatic rings. The molecule has 0 bridgehead atoms. The summed E-state index contributed by atoms with van der Waals surface area (Å²) in [7, 11) is 3.40. The van der Waals surface area contributed by atoms with Crippen LogP contribution in [0.5, 0.6) is 0 Å². The second-order valence-corrected chi connectivity index (χ2v) is 17.3. The third kappa shape index (κ3) is 35.8. The van der Waals surface area contributed by atoms with Crippen molar-refractivity contribution in [3.05, 3.63) is 0 Å². The zero-order chi connectivity index (χ0) is 37.9. The van der Waals surface area contributed by atoms with Gasteiger partial charge >= 0.3 is 19.8 Å². The molecule has 0 saturated heterocycles. The first kappa shape index (κ1) is 50.0. The molecule has 2 atom stereocenters. The summed E-state index contributed by atoms with van der Waals surface area (Å²) in [5, 5.41) is 0. The van der Waals surface area contributed by atoms with Crippen LogP contribution in [0.25, 0.3) is 0 Å². The molecule has 0 aliphatic heterocycles. The molecule has 0 heterocycles. The van der Waals surface area contributed by atoms with Crippen molar-refractivity contribution in [1.82, 2.24) is 0 Å². The number of phosphoric acid groups is 1. The van der Waals surface area contributed by atoms with Crippen LogP contribution >= 0.6 is 7.82 Å². The Balaban J connectivity index is 4.46. The van der Waals surface area contributed by atoms with Crippen LogP contribution in [0.2, 0.25) is 0 Å². The van der Waals surface area contributed by atoms with Crippen LogP contribution in [0.4, 0.5) is 0 Å². The van der Waals surface area contributed by atoms with Crippen molar-refractivity contribution in [2.45, 2.75) is 200 Å². The lowest BCUT2D eigenvalue weighted by molar-refractivity contribution is -0.870. The van der Waals surface area contributed by atoms with Gasteiger partial charge in [0.1, 0.15) is 19.8 Å². The van der Waals surface area contributed by atoms with Crippen molar-refractivity contribution in [3.8, 4) is 0 Å². The monoisotopic (exact) mass is 749 g/mol. The molecule has 0 amide bonds. The summed E-state index contributed by atoms with van der Waals surface area (Å²) in [6, 6.07) is 0. The predicted octanol–water partition coefficient (Wildman–Crippen LogP) is 11.9. The molecule has 0 aromatic carbocycles. The number of nitrogens with zero attached hydrogens (tertiary/aromatic N) is 1. The first-order valence-electron chi connectivity index (χ1n) is 21.2. The second kappa shape index (κ2) is 34.8. The van der Waals surface area contributed by atoms with Gasteiger partial charge in [-0.25, -0.2) is 4.57 Å². The first-order chi connectivity index (χ1) is 24.5. The van der Waals surface area contributed by atoms with Crippen molar-refractivity contribution in [1.29, 1.82) is 0 Å². The maximum Gasteiger partial charge on any atom is 0.474 e. The number of esters is 2. The third-order valence-electron chi connectivity index (χ3n) is 9.35. The number of unbranched alkanes of at least 4 members (excludes halogenated alkanes) is 24. The van der Waals surface area contributed by atoms with Crippen LogP contribution in [0, 0.1) is 0 Å². The van der Waals surface area contributed by atoms with E-state index in [1.54, 1.807) is 0 Å². The van der Waals surface area contributed by atoms with Gasteiger partial charge in [0.2, 0.25) is 0 Å². The van der Waals surface area contributed by atoms with Gasteiger partial charge in [0.15, 0.2) is 6.10 Å². The number of hydrogen-bond donors (Lipinski definition) is 0. The van der Waals surface area contributed by atoms with E-state index in [-0.39, 0.29) is 38.2 Å². The number of ether oxygens (including phenoxy) is 2. The van der Waals surface area contributed by atoms with E-state index in [0.29, 0.717) is 17.4 Å². The van der Waals surface area contributed by atoms with Gasteiger partial charge in [0.25, 0.3) is 0 Å². The Morgan fingerprint density at radius 3 is 1.27 bits per heavy atom. The number of hydrogen-bond acceptors (Lipinski definition) is 8. The molecule has 0 N–H and O–H groups in total. The Morgan fingerprint density at radius 2 is 0.902 bits per heavy atom. The zero-order valence-electron chi connectivity index (χ0n) is 34.4. The van der Waals surface area contributed by atoms with E-state index in [2.05, 4.69) is 13.8 Å². The van der Waals surface area contributed by atoms with Gasteiger partial charge in [-0.2, -0.15) is 0 Å². The van der Waals surface area contributed by atoms with Crippen LogP contribution in [0.3, 0.4) is 0 Å². The SMILES string of the molecule is CCCCCCCCCCCCCCCCCC(=O)O[C@H](COC(=O)CCCCCCCCCCCCC)COP(=O)(OC)OCC[N+](C)(C)C. The number of carbonyl (C=O) groups is 2. The Hall–Kier alpha value is -0.990. The minimum Gasteiger partial charge on any atom is -0.462 e. The Kier molecular flexibility index (Phi) is 34.1. The van der Waals surface area contributed by atoms with Crippen LogP contribution in [0.15, 0.2) is 0 Å². The smallest absolute Gasteiger partial charge is 0.462 e. The first-order valence-corrected chi connectivity index (χ1v) is 22.6. The lowest BCUT2D eigenvalue weighted by Gasteiger charge is -2.25. The van der Waals surface area contributed by atoms with E-state index in [1.165, 1.54) is 136 Å². The van der Waals surface area contributed by atoms with E-state index in [1.807, 2.05) is 21.1 Å². The van der Waals surface area contributed by atoms with Crippen molar-refractivity contribution in [2.24, 2.45) is 0 Å². The number of quaternary nitrogens is 1. The fraction of sp³-hybridized carbons (Fsp3) is 0.951. The average molecular weight is 749 g/mol. The van der Waals surface area contributed by atoms with Gasteiger partial charge in [0.05, 0.1) is 27.7 Å². The third-order valence-corrected chi connectivity index (χ3v) is 10.8. The highest BCUT2D eigenvalue weighted by Gasteiger charge is 2.29. The molecule has 304 valence electrons. The van der Waals surface area contributed by atoms with E-state index in [0.717, 1.165) is 38.5 Å². The second-order valence-electron chi connectivity index (χ2n) is 15.6. The van der Waals surface area contributed by atoms with E-state index < -0.39 is 13.9 Å². The number of rotatable bonds is 39. The lowest BCUT2D eigenvalue weighted by Crippen LogP contribution is -2.37. The lowest BCUT2D eigenvalue weighted by atomic mass is 10.0. The molecular weight excluding hydrogens is 665 g/mol. The average Bonchev–Trinajstić information content (AvgIpc) is 3.09. The molecule has 9 nitrogen and oxygen atoms in total. The van der Waals surface area contributed by atoms with Gasteiger partial charge in [-0.05, 0) is 12.8 Å². The molecule has 0 spiro atoms. The van der Waals surface area contributed by atoms with E-state index in [9.17, 15) is 14.2 Å². The van der Waals surface area contributed by atoms with Gasteiger partial charge in [-0.15, -0.1) is 0 Å². The van der Waals surface area contributed by atoms with Crippen molar-refractivity contribution >= 4 is 19.8 Å². The Bertz CT molecular complexity index is 850. The molecule has 1 unspecified atom stereocenters. The number of phosphoric ester groups is 1. The number of carbonyl (C=O) groups excluding carboxylic acids is 2. The van der Waals surface area contributed by atoms with Gasteiger partial charge < -0.3 is 14.0 Å². The van der Waals surface area contributed by atoms with Crippen LogP contribution in [-0.4, -0.2) is 77.1 Å². The highest BCUT2D eigenvalue weighted by Crippen LogP contribution is 2.48. The summed E-state index contributed by atoms with van der Waals surface area (Å²) in [5.74, 6) is -0.707. The van der Waals surface area contributed by atoms with Crippen LogP contribution < -0.4 is 0 Å². The van der Waals surface area contributed by atoms with Gasteiger partial charge in [-0.1, -0.05) is 168 Å². The topological polar surface area (TPSA) is 97.4 Å². The fourth-order valence-electron chi connectivity index (χ4n) is 5.94. The highest BCUT2D eigenvalue weighted by atomic mass is 31.2. The summed E-state index contributed by atoms with van der Waals surface area (Å²) in [6.07, 6.45) is 31.8. The maximum absolute atomic E-state index is 13.0. The summed E-state index contributed by atoms with van der Waals surface area (Å²) < 4.78 is 40.9. The van der Waals surface area contributed by atoms with Crippen molar-refractivity contribution in [3.63, 3.8) is 0 Å². The molecular formula is C41H83NO8P+. The largest absolute Gasteiger partial charge is 0.474 e. The van der Waals surface area contributed by atoms with Crippen molar-refractivity contribution < 1.29 is 41.7 Å². The molecule has 51 heavy (non-hydrogen) atoms. The molecule has 0 radical (unpaired) electrons. The summed E-state index contributed by atoms with van der Waals surface area (Å²) in [6.45, 7) is 4.86. The van der Waals surface area contributed by atoms with Crippen molar-refractivity contribution in [2.75, 3.05) is 54.6 Å². The minimum absolute atomic E-state index is 0.163. The Labute approximate surface area is 315 Å². The van der Waals surface area contributed by atoms with Crippen LogP contribution in [-0.2, 0) is 37.2 Å². The van der Waals surface area contributed by atoms with Gasteiger partial charge in [0, 0.05) is 20.0 Å². The zero-order valence-corrected chi connectivity index (χ0v) is 35.3. The standard InChI is InChI=1S/C41H83NO8P/c1-7-9-11-13-15-17-19-20-21-22-24-26-28-30-32-34-41(44)50-39(38-49-51(45,46-6)48-36-35-42(3,4)5)37-47-40(43)33-31-29-27-25-23-18-16-14-12-10-8-2/h39H,7-38H2,1-6H3/q+1/t39-,51?/m1/s1. The summed E-state index contributed by atoms with van der Waals surface area (Å²) >= 11 is 0. The molecule has 0 aliphatic carbocycles. The van der Waals surface area contributed by atoms with E-state index >= 15 is 0 Å². The molecule has 0 rings (SSSR count). The minimum atomic E-state index is -3.87. The maximum atomic E-state index is 13.0. The molecule has 10 heteroatoms. The van der Waals surface area contributed by atoms with Crippen LogP contribution in [0.1, 0.15) is 194 Å². The molecule has 0 saturated carbocycles. The molecule has 0 fully saturated rings. The van der Waals surface area contributed by atoms with E-state index in [4.69, 9.17) is 23.0 Å².